The Hall–Kier alpha value is -4.42. The fourth-order valence-corrected chi connectivity index (χ4v) is 5.09. The third kappa shape index (κ3) is 5.55. The Bertz CT molecular complexity index is 1500. The molecule has 0 unspecified atom stereocenters. The number of hydrogen-bond acceptors (Lipinski definition) is 5. The van der Waals surface area contributed by atoms with Gasteiger partial charge in [-0.3, -0.25) is 4.98 Å². The van der Waals surface area contributed by atoms with Crippen molar-refractivity contribution in [3.63, 3.8) is 0 Å². The largest absolute Gasteiger partial charge is 0.462 e. The number of benzene rings is 3. The van der Waals surface area contributed by atoms with Gasteiger partial charge in [-0.05, 0) is 43.3 Å². The lowest BCUT2D eigenvalue weighted by atomic mass is 10.1. The zero-order valence-corrected chi connectivity index (χ0v) is 21.1. The van der Waals surface area contributed by atoms with Gasteiger partial charge in [0.05, 0.1) is 28.6 Å². The predicted octanol–water partition coefficient (Wildman–Crippen LogP) is 7.59. The summed E-state index contributed by atoms with van der Waals surface area (Å²) in [4.78, 5) is 22.8. The summed E-state index contributed by atoms with van der Waals surface area (Å²) in [6.07, 6.45) is 3.57. The highest BCUT2D eigenvalue weighted by molar-refractivity contribution is 8.14. The number of ether oxygens (including phenoxy) is 1. The summed E-state index contributed by atoms with van der Waals surface area (Å²) in [7, 11) is 0. The molecule has 3 aromatic carbocycles. The summed E-state index contributed by atoms with van der Waals surface area (Å²) < 4.78 is 7.48. The first-order chi connectivity index (χ1) is 18.2. The number of para-hydroxylation sites is 2. The predicted molar refractivity (Wildman–Crippen MR) is 150 cm³/mol. The molecule has 0 atom stereocenters. The van der Waals surface area contributed by atoms with Gasteiger partial charge >= 0.3 is 5.97 Å². The Morgan fingerprint density at radius 3 is 2.16 bits per heavy atom. The number of pyridine rings is 1. The molecular formula is C31H25N3O2S. The molecule has 182 valence electrons. The number of carbonyl (C=O) groups excluding carboxylic acids is 1. The van der Waals surface area contributed by atoms with Crippen molar-refractivity contribution < 1.29 is 9.53 Å². The third-order valence-corrected chi connectivity index (χ3v) is 6.73. The van der Waals surface area contributed by atoms with Crippen LogP contribution in [0.5, 0.6) is 0 Å². The van der Waals surface area contributed by atoms with Gasteiger partial charge in [-0.15, -0.1) is 0 Å². The number of aliphatic imine (C=N–C) groups is 1. The Labute approximate surface area is 220 Å². The third-order valence-electron chi connectivity index (χ3n) is 5.61. The van der Waals surface area contributed by atoms with E-state index in [1.54, 1.807) is 6.20 Å². The second kappa shape index (κ2) is 11.5. The summed E-state index contributed by atoms with van der Waals surface area (Å²) in [6.45, 7) is 2.09. The minimum absolute atomic E-state index is 0.282. The maximum atomic E-state index is 13.2. The van der Waals surface area contributed by atoms with E-state index in [0.717, 1.165) is 27.0 Å². The summed E-state index contributed by atoms with van der Waals surface area (Å²) in [5.41, 5.74) is 4.60. The Balaban J connectivity index is 1.76. The van der Waals surface area contributed by atoms with Crippen LogP contribution in [0.15, 0.2) is 132 Å². The van der Waals surface area contributed by atoms with Gasteiger partial charge in [0.15, 0.2) is 0 Å². The molecule has 0 fully saturated rings. The Morgan fingerprint density at radius 2 is 1.51 bits per heavy atom. The van der Waals surface area contributed by atoms with Crippen molar-refractivity contribution in [3.05, 3.63) is 133 Å². The molecule has 0 aliphatic carbocycles. The molecule has 6 heteroatoms. The van der Waals surface area contributed by atoms with Crippen LogP contribution in [0.3, 0.4) is 0 Å². The summed E-state index contributed by atoms with van der Waals surface area (Å²) >= 11 is 1.50. The fraction of sp³-hybridized carbons (Fsp3) is 0.0645. The molecular weight excluding hydrogens is 478 g/mol. The molecule has 2 heterocycles. The molecule has 0 spiro atoms. The van der Waals surface area contributed by atoms with E-state index in [0.29, 0.717) is 16.8 Å². The van der Waals surface area contributed by atoms with E-state index in [1.165, 1.54) is 11.8 Å². The first-order valence-electron chi connectivity index (χ1n) is 12.0. The second-order valence-corrected chi connectivity index (χ2v) is 9.06. The number of hydrogen-bond donors (Lipinski definition) is 0. The number of thioether (sulfide) groups is 1. The number of carbonyl (C=O) groups is 1. The highest BCUT2D eigenvalue weighted by Crippen LogP contribution is 2.40. The molecule has 0 saturated carbocycles. The van der Waals surface area contributed by atoms with Gasteiger partial charge in [-0.2, -0.15) is 0 Å². The summed E-state index contributed by atoms with van der Waals surface area (Å²) in [6, 6.07) is 35.6. The van der Waals surface area contributed by atoms with Crippen molar-refractivity contribution in [2.24, 2.45) is 4.99 Å². The van der Waals surface area contributed by atoms with Crippen LogP contribution in [0.4, 0.5) is 5.69 Å². The first-order valence-corrected chi connectivity index (χ1v) is 12.8. The molecule has 0 amide bonds. The van der Waals surface area contributed by atoms with Gasteiger partial charge in [0.25, 0.3) is 0 Å². The number of esters is 1. The van der Waals surface area contributed by atoms with E-state index >= 15 is 0 Å². The number of nitrogens with zero attached hydrogens (tertiary/aromatic N) is 3. The molecule has 0 N–H and O–H groups in total. The second-order valence-electron chi connectivity index (χ2n) is 8.08. The molecule has 5 nitrogen and oxygen atoms in total. The van der Waals surface area contributed by atoms with Crippen LogP contribution in [-0.4, -0.2) is 27.2 Å². The van der Waals surface area contributed by atoms with E-state index < -0.39 is 0 Å². The molecule has 37 heavy (non-hydrogen) atoms. The monoisotopic (exact) mass is 503 g/mol. The van der Waals surface area contributed by atoms with Gasteiger partial charge < -0.3 is 9.30 Å². The molecule has 0 saturated heterocycles. The lowest BCUT2D eigenvalue weighted by Gasteiger charge is -2.13. The van der Waals surface area contributed by atoms with E-state index in [9.17, 15) is 4.79 Å². The molecule has 5 aromatic rings. The Kier molecular flexibility index (Phi) is 7.58. The molecule has 5 rings (SSSR count). The van der Waals surface area contributed by atoms with Crippen molar-refractivity contribution in [3.8, 4) is 16.9 Å². The standard InChI is InChI=1S/C31H25N3O2S/c1-2-36-31(35)26-22-34(25-18-10-5-11-19-25)30(28(26)27-20-12-13-21-32-27)37-29(23-14-6-3-7-15-23)33-24-16-8-4-9-17-24/h3-22H,2H2,1H3. The molecule has 0 bridgehead atoms. The van der Waals surface area contributed by atoms with Crippen molar-refractivity contribution in [2.75, 3.05) is 6.61 Å². The van der Waals surface area contributed by atoms with Crippen molar-refractivity contribution in [1.29, 1.82) is 0 Å². The van der Waals surface area contributed by atoms with Crippen LogP contribution in [0, 0.1) is 0 Å². The lowest BCUT2D eigenvalue weighted by Crippen LogP contribution is -2.05. The van der Waals surface area contributed by atoms with Gasteiger partial charge in [0, 0.05) is 29.2 Å². The molecule has 0 radical (unpaired) electrons. The van der Waals surface area contributed by atoms with Crippen LogP contribution < -0.4 is 0 Å². The average Bonchev–Trinajstić information content (AvgIpc) is 3.34. The van der Waals surface area contributed by atoms with Gasteiger partial charge in [-0.1, -0.05) is 84.6 Å². The maximum Gasteiger partial charge on any atom is 0.340 e. The molecule has 0 aliphatic rings. The van der Waals surface area contributed by atoms with Gasteiger partial charge in [0.1, 0.15) is 5.04 Å². The van der Waals surface area contributed by atoms with E-state index in [-0.39, 0.29) is 12.6 Å². The average molecular weight is 504 g/mol. The van der Waals surface area contributed by atoms with Crippen molar-refractivity contribution in [2.45, 2.75) is 11.9 Å². The lowest BCUT2D eigenvalue weighted by molar-refractivity contribution is 0.0527. The SMILES string of the molecule is CCOC(=O)c1cn(-c2ccccc2)c(SC(=Nc2ccccc2)c2ccccc2)c1-c1ccccn1. The Morgan fingerprint density at radius 1 is 0.865 bits per heavy atom. The highest BCUT2D eigenvalue weighted by Gasteiger charge is 2.26. The van der Waals surface area contributed by atoms with Gasteiger partial charge in [-0.25, -0.2) is 9.79 Å². The quantitative estimate of drug-likeness (QED) is 0.0994. The maximum absolute atomic E-state index is 13.2. The smallest absolute Gasteiger partial charge is 0.340 e. The zero-order chi connectivity index (χ0) is 25.5. The molecule has 0 aliphatic heterocycles. The molecule has 2 aromatic heterocycles. The first kappa shape index (κ1) is 24.3. The van der Waals surface area contributed by atoms with Crippen LogP contribution in [-0.2, 0) is 4.74 Å². The normalized spacial score (nSPS) is 11.3. The van der Waals surface area contributed by atoms with Crippen molar-refractivity contribution in [1.82, 2.24) is 9.55 Å². The summed E-state index contributed by atoms with van der Waals surface area (Å²) in [5, 5.41) is 1.63. The van der Waals surface area contributed by atoms with Crippen LogP contribution in [0.1, 0.15) is 22.8 Å². The van der Waals surface area contributed by atoms with Gasteiger partial charge in [0.2, 0.25) is 0 Å². The highest BCUT2D eigenvalue weighted by atomic mass is 32.2. The van der Waals surface area contributed by atoms with E-state index in [4.69, 9.17) is 9.73 Å². The van der Waals surface area contributed by atoms with Crippen LogP contribution in [0.25, 0.3) is 16.9 Å². The topological polar surface area (TPSA) is 56.5 Å². The minimum atomic E-state index is -0.388. The minimum Gasteiger partial charge on any atom is -0.462 e. The zero-order valence-electron chi connectivity index (χ0n) is 20.3. The fourth-order valence-electron chi connectivity index (χ4n) is 3.93. The number of rotatable bonds is 7. The van der Waals surface area contributed by atoms with Crippen LogP contribution in [0.2, 0.25) is 0 Å². The van der Waals surface area contributed by atoms with Crippen molar-refractivity contribution >= 4 is 28.5 Å². The van der Waals surface area contributed by atoms with Crippen LogP contribution >= 0.6 is 11.8 Å². The van der Waals surface area contributed by atoms with E-state index in [2.05, 4.69) is 4.98 Å². The number of aromatic nitrogens is 2. The summed E-state index contributed by atoms with van der Waals surface area (Å²) in [5.74, 6) is -0.388. The van der Waals surface area contributed by atoms with E-state index in [1.807, 2.05) is 127 Å².